The molecule has 4 aliphatic rings. The minimum atomic E-state index is -3.63. The maximum atomic E-state index is 13.2. The fraction of sp³-hybridized carbons (Fsp3) is 0.640. The van der Waals surface area contributed by atoms with Crippen LogP contribution in [-0.2, 0) is 19.7 Å². The Balaban J connectivity index is 1.55. The Labute approximate surface area is 203 Å². The highest BCUT2D eigenvalue weighted by Gasteiger charge is 2.43. The number of carbonyl (C=O) groups excluding carboxylic acids is 1. The molecule has 9 heteroatoms. The second-order valence-electron chi connectivity index (χ2n) is 9.83. The van der Waals surface area contributed by atoms with Crippen molar-refractivity contribution in [2.45, 2.75) is 75.6 Å². The minimum Gasteiger partial charge on any atom is -0.493 e. The van der Waals surface area contributed by atoms with Gasteiger partial charge in [0, 0.05) is 26.2 Å². The van der Waals surface area contributed by atoms with E-state index < -0.39 is 16.3 Å². The molecule has 4 bridgehead atoms. The van der Waals surface area contributed by atoms with Crippen molar-refractivity contribution in [3.8, 4) is 5.75 Å². The van der Waals surface area contributed by atoms with Gasteiger partial charge in [0.05, 0.1) is 25.4 Å². The minimum absolute atomic E-state index is 0.101. The van der Waals surface area contributed by atoms with Gasteiger partial charge in [-0.15, -0.1) is 0 Å². The number of ether oxygens (including phenoxy) is 2. The molecule has 1 amide bonds. The van der Waals surface area contributed by atoms with Crippen LogP contribution < -0.4 is 9.46 Å². The molecule has 1 saturated heterocycles. The van der Waals surface area contributed by atoms with Crippen molar-refractivity contribution in [1.29, 1.82) is 0 Å². The monoisotopic (exact) mass is 491 g/mol. The zero-order valence-electron chi connectivity index (χ0n) is 20.4. The van der Waals surface area contributed by atoms with E-state index in [1.807, 2.05) is 25.1 Å². The number of nitrogens with one attached hydrogen (secondary N) is 1. The third-order valence-corrected chi connectivity index (χ3v) is 8.81. The normalized spacial score (nSPS) is 31.7. The summed E-state index contributed by atoms with van der Waals surface area (Å²) in [6, 6.07) is 7.47. The van der Waals surface area contributed by atoms with Gasteiger partial charge < -0.3 is 14.4 Å². The predicted octanol–water partition coefficient (Wildman–Crippen LogP) is 2.82. The Kier molecular flexibility index (Phi) is 7.97. The summed E-state index contributed by atoms with van der Waals surface area (Å²) in [5.41, 5.74) is 1.31. The summed E-state index contributed by atoms with van der Waals surface area (Å²) in [5, 5.41) is 0. The zero-order chi connectivity index (χ0) is 24.3. The largest absolute Gasteiger partial charge is 0.493 e. The standard InChI is InChI=1S/C25H37N3O5S/c1-18-15-23(26-34(30,31)27(2)3)24-17-33-21-12-10-19(11-13-21)20-7-6-8-22(16-20)32-14-5-4-9-25(29)28(18)24/h4,6-9,16,18-19,21,23-24,26H,5,10-15,17H2,1-3H3/b9-4-/t18-,19?,21?,23+,24+/m1/s1. The van der Waals surface area contributed by atoms with Gasteiger partial charge in [0.25, 0.3) is 10.2 Å². The first-order valence-electron chi connectivity index (χ1n) is 12.3. The summed E-state index contributed by atoms with van der Waals surface area (Å²) < 4.78 is 41.3. The number of fused-ring (bicyclic) bond motifs is 7. The van der Waals surface area contributed by atoms with Crippen molar-refractivity contribution >= 4 is 16.1 Å². The van der Waals surface area contributed by atoms with Crippen LogP contribution in [-0.4, -0.2) is 75.1 Å². The Bertz CT molecular complexity index is 988. The van der Waals surface area contributed by atoms with Crippen LogP contribution in [0.25, 0.3) is 0 Å². The average Bonchev–Trinajstić information content (AvgIpc) is 3.11. The predicted molar refractivity (Wildman–Crippen MR) is 131 cm³/mol. The van der Waals surface area contributed by atoms with Gasteiger partial charge in [0.15, 0.2) is 0 Å². The van der Waals surface area contributed by atoms with Gasteiger partial charge in [0.2, 0.25) is 5.91 Å². The molecule has 188 valence electrons. The van der Waals surface area contributed by atoms with E-state index >= 15 is 0 Å². The quantitative estimate of drug-likeness (QED) is 0.703. The van der Waals surface area contributed by atoms with Crippen LogP contribution in [0.15, 0.2) is 36.4 Å². The molecular formula is C25H37N3O5S. The van der Waals surface area contributed by atoms with Crippen molar-refractivity contribution < 1.29 is 22.7 Å². The van der Waals surface area contributed by atoms with Crippen LogP contribution in [0.4, 0.5) is 0 Å². The summed E-state index contributed by atoms with van der Waals surface area (Å²) in [4.78, 5) is 14.9. The highest BCUT2D eigenvalue weighted by Crippen LogP contribution is 2.36. The molecule has 8 nitrogen and oxygen atoms in total. The van der Waals surface area contributed by atoms with Gasteiger partial charge in [-0.2, -0.15) is 17.4 Å². The molecular weight excluding hydrogens is 454 g/mol. The van der Waals surface area contributed by atoms with E-state index in [0.717, 1.165) is 35.7 Å². The van der Waals surface area contributed by atoms with Gasteiger partial charge >= 0.3 is 0 Å². The highest BCUT2D eigenvalue weighted by atomic mass is 32.2. The third-order valence-electron chi connectivity index (χ3n) is 7.25. The molecule has 0 spiro atoms. The molecule has 1 aromatic rings. The molecule has 3 heterocycles. The fourth-order valence-electron chi connectivity index (χ4n) is 5.33. The first kappa shape index (κ1) is 25.2. The smallest absolute Gasteiger partial charge is 0.279 e. The summed E-state index contributed by atoms with van der Waals surface area (Å²) in [6.45, 7) is 2.78. The SMILES string of the molecule is C[C@@H]1C[C@H](NS(=O)(=O)N(C)C)[C@@H]2COC3CCC(CC3)c3cccc(c3)OCC/C=C\C(=O)N12. The Morgan fingerprint density at radius 3 is 2.65 bits per heavy atom. The summed E-state index contributed by atoms with van der Waals surface area (Å²) in [7, 11) is -0.628. The van der Waals surface area contributed by atoms with Crippen LogP contribution in [0.3, 0.4) is 0 Å². The lowest BCUT2D eigenvalue weighted by molar-refractivity contribution is -0.130. The van der Waals surface area contributed by atoms with Crippen molar-refractivity contribution in [3.63, 3.8) is 0 Å². The number of hydrogen-bond donors (Lipinski definition) is 1. The molecule has 0 aromatic heterocycles. The molecule has 34 heavy (non-hydrogen) atoms. The Hall–Kier alpha value is -1.94. The number of rotatable bonds is 3. The van der Waals surface area contributed by atoms with Crippen LogP contribution in [0.5, 0.6) is 5.75 Å². The lowest BCUT2D eigenvalue weighted by Gasteiger charge is -2.33. The molecule has 1 N–H and O–H groups in total. The topological polar surface area (TPSA) is 88.2 Å². The number of nitrogens with zero attached hydrogens (tertiary/aromatic N) is 2. The van der Waals surface area contributed by atoms with Gasteiger partial charge in [-0.25, -0.2) is 0 Å². The molecule has 0 radical (unpaired) electrons. The van der Waals surface area contributed by atoms with Gasteiger partial charge in [-0.05, 0) is 75.1 Å². The molecule has 5 rings (SSSR count). The fourth-order valence-corrected chi connectivity index (χ4v) is 6.18. The third kappa shape index (κ3) is 5.82. The number of benzene rings is 1. The zero-order valence-corrected chi connectivity index (χ0v) is 21.2. The molecule has 3 atom stereocenters. The molecule has 1 aromatic carbocycles. The van der Waals surface area contributed by atoms with Crippen LogP contribution in [0, 0.1) is 0 Å². The van der Waals surface area contributed by atoms with Crippen molar-refractivity contribution in [3.05, 3.63) is 42.0 Å². The maximum Gasteiger partial charge on any atom is 0.279 e. The average molecular weight is 492 g/mol. The van der Waals surface area contributed by atoms with E-state index in [1.54, 1.807) is 11.0 Å². The van der Waals surface area contributed by atoms with Gasteiger partial charge in [-0.1, -0.05) is 18.2 Å². The summed E-state index contributed by atoms with van der Waals surface area (Å²) in [6.07, 6.45) is 8.64. The van der Waals surface area contributed by atoms with Crippen molar-refractivity contribution in [2.75, 3.05) is 27.3 Å². The first-order chi connectivity index (χ1) is 16.2. The van der Waals surface area contributed by atoms with Gasteiger partial charge in [-0.3, -0.25) is 4.79 Å². The molecule has 1 aliphatic carbocycles. The highest BCUT2D eigenvalue weighted by molar-refractivity contribution is 7.87. The summed E-state index contributed by atoms with van der Waals surface area (Å²) >= 11 is 0. The first-order valence-corrected chi connectivity index (χ1v) is 13.7. The Morgan fingerprint density at radius 2 is 1.91 bits per heavy atom. The number of hydrogen-bond acceptors (Lipinski definition) is 5. The number of carbonyl (C=O) groups is 1. The molecule has 0 unspecified atom stereocenters. The van der Waals surface area contributed by atoms with E-state index in [2.05, 4.69) is 16.9 Å². The second kappa shape index (κ2) is 10.8. The van der Waals surface area contributed by atoms with Crippen LogP contribution in [0.2, 0.25) is 0 Å². The van der Waals surface area contributed by atoms with E-state index in [9.17, 15) is 13.2 Å². The molecule has 3 aliphatic heterocycles. The number of amides is 1. The van der Waals surface area contributed by atoms with E-state index in [-0.39, 0.29) is 24.1 Å². The van der Waals surface area contributed by atoms with Crippen LogP contribution >= 0.6 is 0 Å². The van der Waals surface area contributed by atoms with E-state index in [1.165, 1.54) is 19.7 Å². The van der Waals surface area contributed by atoms with Gasteiger partial charge in [0.1, 0.15) is 5.75 Å². The van der Waals surface area contributed by atoms with E-state index in [4.69, 9.17) is 9.47 Å². The maximum absolute atomic E-state index is 13.2. The molecule has 1 saturated carbocycles. The van der Waals surface area contributed by atoms with Crippen LogP contribution in [0.1, 0.15) is 56.9 Å². The Morgan fingerprint density at radius 1 is 1.15 bits per heavy atom. The second-order valence-corrected chi connectivity index (χ2v) is 11.7. The van der Waals surface area contributed by atoms with E-state index in [0.29, 0.717) is 32.0 Å². The van der Waals surface area contributed by atoms with Crippen molar-refractivity contribution in [2.24, 2.45) is 0 Å². The van der Waals surface area contributed by atoms with Crippen molar-refractivity contribution in [1.82, 2.24) is 13.9 Å². The lowest BCUT2D eigenvalue weighted by Crippen LogP contribution is -2.52. The molecule has 2 fully saturated rings. The summed E-state index contributed by atoms with van der Waals surface area (Å²) in [5.74, 6) is 1.23. The lowest BCUT2D eigenvalue weighted by atomic mass is 9.82.